The van der Waals surface area contributed by atoms with Crippen molar-refractivity contribution in [2.45, 2.75) is 51.2 Å². The zero-order chi connectivity index (χ0) is 26.1. The van der Waals surface area contributed by atoms with E-state index in [4.69, 9.17) is 9.84 Å². The third-order valence-electron chi connectivity index (χ3n) is 5.56. The SMILES string of the molecule is CC(C)(C)OC(=C=O)[C@H](CCC(=O)O)NC(=O)c1ccc(C(c2ccccc2)c2ccccc2)cc1. The molecule has 0 radical (unpaired) electrons. The van der Waals surface area contributed by atoms with Gasteiger partial charge in [-0.25, -0.2) is 4.79 Å². The average molecular weight is 486 g/mol. The second-order valence-electron chi connectivity index (χ2n) is 9.52. The number of hydrogen-bond donors (Lipinski definition) is 2. The highest BCUT2D eigenvalue weighted by molar-refractivity contribution is 5.94. The van der Waals surface area contributed by atoms with Gasteiger partial charge in [-0.2, -0.15) is 0 Å². The lowest BCUT2D eigenvalue weighted by molar-refractivity contribution is -0.137. The molecule has 0 bridgehead atoms. The number of carbonyl (C=O) groups excluding carboxylic acids is 2. The van der Waals surface area contributed by atoms with Gasteiger partial charge in [0.25, 0.3) is 5.91 Å². The highest BCUT2D eigenvalue weighted by Crippen LogP contribution is 2.32. The minimum Gasteiger partial charge on any atom is -0.481 e. The van der Waals surface area contributed by atoms with Crippen LogP contribution in [0.4, 0.5) is 0 Å². The monoisotopic (exact) mass is 485 g/mol. The van der Waals surface area contributed by atoms with Gasteiger partial charge in [-0.15, -0.1) is 0 Å². The van der Waals surface area contributed by atoms with Crippen LogP contribution in [0, 0.1) is 0 Å². The maximum atomic E-state index is 13.0. The summed E-state index contributed by atoms with van der Waals surface area (Å²) in [5.74, 6) is 0.144. The van der Waals surface area contributed by atoms with Gasteiger partial charge in [-0.1, -0.05) is 72.8 Å². The summed E-state index contributed by atoms with van der Waals surface area (Å²) < 4.78 is 5.65. The van der Waals surface area contributed by atoms with Crippen LogP contribution in [0.2, 0.25) is 0 Å². The zero-order valence-corrected chi connectivity index (χ0v) is 20.7. The summed E-state index contributed by atoms with van der Waals surface area (Å²) in [5.41, 5.74) is 2.98. The summed E-state index contributed by atoms with van der Waals surface area (Å²) >= 11 is 0. The smallest absolute Gasteiger partial charge is 0.303 e. The van der Waals surface area contributed by atoms with Crippen molar-refractivity contribution in [3.8, 4) is 0 Å². The Labute approximate surface area is 211 Å². The summed E-state index contributed by atoms with van der Waals surface area (Å²) in [6, 6.07) is 26.6. The van der Waals surface area contributed by atoms with Crippen molar-refractivity contribution in [3.63, 3.8) is 0 Å². The Bertz CT molecular complexity index is 1170. The predicted molar refractivity (Wildman–Crippen MR) is 138 cm³/mol. The first kappa shape index (κ1) is 26.5. The van der Waals surface area contributed by atoms with Crippen molar-refractivity contribution in [1.29, 1.82) is 0 Å². The van der Waals surface area contributed by atoms with Crippen molar-refractivity contribution in [1.82, 2.24) is 5.32 Å². The molecule has 0 unspecified atom stereocenters. The predicted octanol–water partition coefficient (Wildman–Crippen LogP) is 5.36. The number of rotatable bonds is 10. The van der Waals surface area contributed by atoms with E-state index >= 15 is 0 Å². The molecule has 3 aromatic carbocycles. The number of amides is 1. The molecule has 1 amide bonds. The van der Waals surface area contributed by atoms with E-state index < -0.39 is 23.5 Å². The third-order valence-corrected chi connectivity index (χ3v) is 5.56. The van der Waals surface area contributed by atoms with Gasteiger partial charge in [0, 0.05) is 17.9 Å². The van der Waals surface area contributed by atoms with Gasteiger partial charge in [0.05, 0.1) is 6.04 Å². The Morgan fingerprint density at radius 3 is 1.81 bits per heavy atom. The first-order valence-corrected chi connectivity index (χ1v) is 11.8. The number of nitrogens with one attached hydrogen (secondary N) is 1. The number of carboxylic acid groups (broad SMARTS) is 1. The number of hydrogen-bond acceptors (Lipinski definition) is 4. The normalized spacial score (nSPS) is 11.9. The van der Waals surface area contributed by atoms with Crippen LogP contribution in [-0.2, 0) is 14.3 Å². The molecule has 0 aliphatic carbocycles. The summed E-state index contributed by atoms with van der Waals surface area (Å²) in [5, 5.41) is 11.9. The zero-order valence-electron chi connectivity index (χ0n) is 20.7. The number of ether oxygens (including phenoxy) is 1. The van der Waals surface area contributed by atoms with E-state index in [-0.39, 0.29) is 24.5 Å². The van der Waals surface area contributed by atoms with E-state index in [9.17, 15) is 14.4 Å². The number of benzene rings is 3. The molecule has 3 aromatic rings. The molecule has 0 fully saturated rings. The third kappa shape index (κ3) is 7.42. The van der Waals surface area contributed by atoms with Crippen molar-refractivity contribution in [2.24, 2.45) is 0 Å². The first-order valence-electron chi connectivity index (χ1n) is 11.8. The minimum absolute atomic E-state index is 0.00221. The number of carbonyl (C=O) groups is 2. The van der Waals surface area contributed by atoms with Crippen LogP contribution in [0.25, 0.3) is 0 Å². The van der Waals surface area contributed by atoms with Crippen LogP contribution in [-0.4, -0.2) is 34.6 Å². The van der Waals surface area contributed by atoms with Gasteiger partial charge < -0.3 is 15.2 Å². The van der Waals surface area contributed by atoms with E-state index in [1.54, 1.807) is 38.8 Å². The molecule has 2 N–H and O–H groups in total. The molecular weight excluding hydrogens is 454 g/mol. The van der Waals surface area contributed by atoms with Crippen molar-refractivity contribution in [3.05, 3.63) is 113 Å². The average Bonchev–Trinajstić information content (AvgIpc) is 2.86. The lowest BCUT2D eigenvalue weighted by atomic mass is 9.85. The van der Waals surface area contributed by atoms with Crippen molar-refractivity contribution in [2.75, 3.05) is 0 Å². The molecule has 0 aliphatic rings. The summed E-state index contributed by atoms with van der Waals surface area (Å²) in [6.07, 6.45) is -0.234. The fraction of sp³-hybridized carbons (Fsp3) is 0.267. The topological polar surface area (TPSA) is 92.7 Å². The largest absolute Gasteiger partial charge is 0.481 e. The van der Waals surface area contributed by atoms with E-state index in [0.29, 0.717) is 5.56 Å². The van der Waals surface area contributed by atoms with Gasteiger partial charge in [0.2, 0.25) is 5.76 Å². The fourth-order valence-electron chi connectivity index (χ4n) is 3.97. The van der Waals surface area contributed by atoms with Gasteiger partial charge >= 0.3 is 5.97 Å². The maximum Gasteiger partial charge on any atom is 0.303 e. The summed E-state index contributed by atoms with van der Waals surface area (Å²) in [7, 11) is 0. The lowest BCUT2D eigenvalue weighted by Crippen LogP contribution is -2.39. The van der Waals surface area contributed by atoms with E-state index in [1.807, 2.05) is 48.5 Å². The molecule has 0 saturated carbocycles. The van der Waals surface area contributed by atoms with Crippen LogP contribution >= 0.6 is 0 Å². The molecule has 6 heteroatoms. The Hall–Kier alpha value is -4.15. The maximum absolute atomic E-state index is 13.0. The molecule has 0 spiro atoms. The van der Waals surface area contributed by atoms with Gasteiger partial charge in [-0.05, 0) is 56.0 Å². The van der Waals surface area contributed by atoms with E-state index in [1.165, 1.54) is 0 Å². The molecule has 6 nitrogen and oxygen atoms in total. The van der Waals surface area contributed by atoms with Crippen LogP contribution in [0.5, 0.6) is 0 Å². The Morgan fingerprint density at radius 1 is 0.861 bits per heavy atom. The second kappa shape index (κ2) is 12.0. The Morgan fingerprint density at radius 2 is 1.36 bits per heavy atom. The highest BCUT2D eigenvalue weighted by Gasteiger charge is 2.26. The molecule has 0 aliphatic heterocycles. The van der Waals surface area contributed by atoms with Crippen molar-refractivity contribution >= 4 is 17.8 Å². The number of aliphatic carboxylic acids is 1. The highest BCUT2D eigenvalue weighted by atomic mass is 16.5. The minimum atomic E-state index is -1.03. The van der Waals surface area contributed by atoms with Gasteiger partial charge in [0.15, 0.2) is 5.94 Å². The van der Waals surface area contributed by atoms with Crippen LogP contribution in [0.1, 0.15) is 66.6 Å². The molecule has 0 aromatic heterocycles. The quantitative estimate of drug-likeness (QED) is 0.229. The molecule has 0 heterocycles. The summed E-state index contributed by atoms with van der Waals surface area (Å²) in [4.78, 5) is 35.8. The van der Waals surface area contributed by atoms with E-state index in [0.717, 1.165) is 16.7 Å². The fourth-order valence-corrected chi connectivity index (χ4v) is 3.97. The standard InChI is InChI=1S/C30H31NO5/c1-30(2,3)36-26(20-32)25(18-19-27(33)34)31-29(35)24-16-14-23(15-17-24)28(21-10-6-4-7-11-21)22-12-8-5-9-13-22/h4-17,25,28H,18-19H2,1-3H3,(H,31,35)(H,33,34)/t25-/m0/s1. The molecular formula is C30H31NO5. The van der Waals surface area contributed by atoms with Crippen molar-refractivity contribution < 1.29 is 24.2 Å². The van der Waals surface area contributed by atoms with Gasteiger partial charge in [-0.3, -0.25) is 9.59 Å². The van der Waals surface area contributed by atoms with E-state index in [2.05, 4.69) is 29.6 Å². The molecule has 0 saturated heterocycles. The van der Waals surface area contributed by atoms with Crippen LogP contribution in [0.15, 0.2) is 90.7 Å². The molecule has 3 rings (SSSR count). The molecule has 1 atom stereocenters. The summed E-state index contributed by atoms with van der Waals surface area (Å²) in [6.45, 7) is 5.28. The lowest BCUT2D eigenvalue weighted by Gasteiger charge is -2.26. The van der Waals surface area contributed by atoms with Gasteiger partial charge in [0.1, 0.15) is 5.60 Å². The second-order valence-corrected chi connectivity index (χ2v) is 9.52. The Balaban J connectivity index is 1.85. The molecule has 186 valence electrons. The first-order chi connectivity index (χ1) is 17.2. The van der Waals surface area contributed by atoms with Crippen LogP contribution < -0.4 is 5.32 Å². The Kier molecular flexibility index (Phi) is 8.82. The molecule has 36 heavy (non-hydrogen) atoms. The van der Waals surface area contributed by atoms with Crippen LogP contribution in [0.3, 0.4) is 0 Å². The number of carboxylic acids is 1.